The number of hydrogen-bond acceptors (Lipinski definition) is 5. The Morgan fingerprint density at radius 2 is 1.80 bits per heavy atom. The molecule has 0 spiro atoms. The van der Waals surface area contributed by atoms with Crippen LogP contribution in [0.1, 0.15) is 0 Å². The number of nitro groups is 1. The molecule has 1 aromatic heterocycles. The summed E-state index contributed by atoms with van der Waals surface area (Å²) in [7, 11) is -4.04. The Morgan fingerprint density at radius 3 is 2.35 bits per heavy atom. The van der Waals surface area contributed by atoms with Crippen LogP contribution in [0.5, 0.6) is 0 Å². The molecule has 0 amide bonds. The molecule has 2 N–H and O–H groups in total. The first-order chi connectivity index (χ1) is 9.40. The van der Waals surface area contributed by atoms with Gasteiger partial charge >= 0.3 is 0 Å². The lowest BCUT2D eigenvalue weighted by Crippen LogP contribution is -2.20. The van der Waals surface area contributed by atoms with E-state index in [2.05, 4.69) is 9.71 Å². The summed E-state index contributed by atoms with van der Waals surface area (Å²) >= 11 is 0. The minimum atomic E-state index is -4.04. The third-order valence-corrected chi connectivity index (χ3v) is 3.81. The van der Waals surface area contributed by atoms with Crippen molar-refractivity contribution in [2.75, 3.05) is 4.72 Å². The average molecular weight is 295 g/mol. The first-order valence-electron chi connectivity index (χ1n) is 5.34. The van der Waals surface area contributed by atoms with Crippen LogP contribution in [-0.4, -0.2) is 18.3 Å². The standard InChI is InChI=1S/C11H9N3O5S/c15-10-5-6-12-7-11(10)20(18,19)13-8-1-3-9(4-2-8)14(16)17/h1-7,13H,(H,12,15). The Kier molecular flexibility index (Phi) is 3.53. The van der Waals surface area contributed by atoms with E-state index in [-0.39, 0.29) is 11.4 Å². The summed E-state index contributed by atoms with van der Waals surface area (Å²) in [5.74, 6) is 0. The Hall–Kier alpha value is -2.68. The molecule has 2 aromatic rings. The summed E-state index contributed by atoms with van der Waals surface area (Å²) in [6.45, 7) is 0. The summed E-state index contributed by atoms with van der Waals surface area (Å²) in [4.78, 5) is 23.4. The number of hydrogen-bond donors (Lipinski definition) is 2. The normalized spacial score (nSPS) is 11.0. The fourth-order valence-electron chi connectivity index (χ4n) is 1.47. The second kappa shape index (κ2) is 5.13. The molecular formula is C11H9N3O5S. The number of sulfonamides is 1. The van der Waals surface area contributed by atoms with Crippen molar-refractivity contribution < 1.29 is 13.3 Å². The number of nitrogens with one attached hydrogen (secondary N) is 2. The molecule has 0 bridgehead atoms. The fourth-order valence-corrected chi connectivity index (χ4v) is 2.58. The molecule has 0 fully saturated rings. The van der Waals surface area contributed by atoms with E-state index in [9.17, 15) is 23.3 Å². The number of aromatic nitrogens is 1. The number of non-ortho nitro benzene ring substituents is 1. The molecule has 104 valence electrons. The highest BCUT2D eigenvalue weighted by atomic mass is 32.2. The largest absolute Gasteiger partial charge is 0.366 e. The molecule has 1 aromatic carbocycles. The van der Waals surface area contributed by atoms with Gasteiger partial charge in [0.25, 0.3) is 15.7 Å². The lowest BCUT2D eigenvalue weighted by Gasteiger charge is -2.06. The summed E-state index contributed by atoms with van der Waals surface area (Å²) in [5.41, 5.74) is -0.692. The number of benzene rings is 1. The van der Waals surface area contributed by atoms with Crippen LogP contribution in [0.4, 0.5) is 11.4 Å². The second-order valence-corrected chi connectivity index (χ2v) is 5.43. The zero-order valence-electron chi connectivity index (χ0n) is 9.94. The summed E-state index contributed by atoms with van der Waals surface area (Å²) in [5, 5.41) is 10.5. The van der Waals surface area contributed by atoms with Gasteiger partial charge in [-0.05, 0) is 12.1 Å². The molecule has 0 radical (unpaired) electrons. The quantitative estimate of drug-likeness (QED) is 0.645. The van der Waals surface area contributed by atoms with E-state index in [1.54, 1.807) is 0 Å². The van der Waals surface area contributed by atoms with Crippen LogP contribution in [0.15, 0.2) is 52.4 Å². The van der Waals surface area contributed by atoms with Crippen LogP contribution < -0.4 is 10.2 Å². The first kappa shape index (κ1) is 13.7. The maximum atomic E-state index is 12.0. The third kappa shape index (κ3) is 2.83. The van der Waals surface area contributed by atoms with Crippen molar-refractivity contribution in [3.05, 3.63) is 63.1 Å². The number of pyridine rings is 1. The van der Waals surface area contributed by atoms with Gasteiger partial charge in [0.2, 0.25) is 5.43 Å². The highest BCUT2D eigenvalue weighted by molar-refractivity contribution is 7.92. The molecule has 2 rings (SSSR count). The zero-order valence-corrected chi connectivity index (χ0v) is 10.8. The van der Waals surface area contributed by atoms with Gasteiger partial charge < -0.3 is 4.98 Å². The van der Waals surface area contributed by atoms with Gasteiger partial charge in [-0.1, -0.05) is 0 Å². The van der Waals surface area contributed by atoms with Crippen LogP contribution in [0.25, 0.3) is 0 Å². The number of rotatable bonds is 4. The first-order valence-corrected chi connectivity index (χ1v) is 6.83. The van der Waals surface area contributed by atoms with Gasteiger partial charge in [-0.25, -0.2) is 8.42 Å². The number of H-pyrrole nitrogens is 1. The maximum Gasteiger partial charge on any atom is 0.269 e. The smallest absolute Gasteiger partial charge is 0.269 e. The van der Waals surface area contributed by atoms with Crippen molar-refractivity contribution in [1.82, 2.24) is 4.98 Å². The molecule has 9 heteroatoms. The Morgan fingerprint density at radius 1 is 1.15 bits per heavy atom. The van der Waals surface area contributed by atoms with Crippen molar-refractivity contribution in [2.45, 2.75) is 4.90 Å². The molecule has 20 heavy (non-hydrogen) atoms. The van der Waals surface area contributed by atoms with Crippen LogP contribution in [0, 0.1) is 10.1 Å². The van der Waals surface area contributed by atoms with Crippen LogP contribution >= 0.6 is 0 Å². The Labute approximate surface area is 113 Å². The summed E-state index contributed by atoms with van der Waals surface area (Å²) < 4.78 is 26.1. The second-order valence-electron chi connectivity index (χ2n) is 3.78. The number of nitrogens with zero attached hydrogens (tertiary/aromatic N) is 1. The molecule has 0 aliphatic heterocycles. The highest BCUT2D eigenvalue weighted by Gasteiger charge is 2.18. The van der Waals surface area contributed by atoms with E-state index in [0.717, 1.165) is 24.4 Å². The van der Waals surface area contributed by atoms with Gasteiger partial charge in [-0.2, -0.15) is 0 Å². The number of anilines is 1. The van der Waals surface area contributed by atoms with Crippen LogP contribution in [0.3, 0.4) is 0 Å². The third-order valence-electron chi connectivity index (χ3n) is 2.41. The van der Waals surface area contributed by atoms with Crippen LogP contribution in [-0.2, 0) is 10.0 Å². The lowest BCUT2D eigenvalue weighted by molar-refractivity contribution is -0.384. The van der Waals surface area contributed by atoms with Crippen molar-refractivity contribution in [2.24, 2.45) is 0 Å². The van der Waals surface area contributed by atoms with Gasteiger partial charge in [0.15, 0.2) is 4.90 Å². The van der Waals surface area contributed by atoms with Crippen molar-refractivity contribution in [1.29, 1.82) is 0 Å². The van der Waals surface area contributed by atoms with Gasteiger partial charge in [-0.15, -0.1) is 0 Å². The van der Waals surface area contributed by atoms with E-state index in [1.807, 2.05) is 0 Å². The topological polar surface area (TPSA) is 122 Å². The number of nitro benzene ring substituents is 1. The van der Waals surface area contributed by atoms with Crippen molar-refractivity contribution >= 4 is 21.4 Å². The number of aromatic amines is 1. The molecule has 1 heterocycles. The molecule has 0 saturated heterocycles. The minimum absolute atomic E-state index is 0.124. The molecule has 0 aliphatic rings. The van der Waals surface area contributed by atoms with Gasteiger partial charge in [0.1, 0.15) is 0 Å². The van der Waals surface area contributed by atoms with E-state index < -0.39 is 25.3 Å². The minimum Gasteiger partial charge on any atom is -0.366 e. The Balaban J connectivity index is 2.32. The zero-order chi connectivity index (χ0) is 14.8. The monoisotopic (exact) mass is 295 g/mol. The summed E-state index contributed by atoms with van der Waals surface area (Å²) in [6, 6.07) is 5.89. The van der Waals surface area contributed by atoms with E-state index >= 15 is 0 Å². The molecule has 0 unspecified atom stereocenters. The predicted octanol–water partition coefficient (Wildman–Crippen LogP) is 1.08. The Bertz CT molecular complexity index is 795. The van der Waals surface area contributed by atoms with Gasteiger partial charge in [0.05, 0.1) is 4.92 Å². The highest BCUT2D eigenvalue weighted by Crippen LogP contribution is 2.17. The molecule has 0 aliphatic carbocycles. The van der Waals surface area contributed by atoms with Crippen LogP contribution in [0.2, 0.25) is 0 Å². The van der Waals surface area contributed by atoms with Crippen molar-refractivity contribution in [3.63, 3.8) is 0 Å². The molecule has 0 atom stereocenters. The predicted molar refractivity (Wildman–Crippen MR) is 71.0 cm³/mol. The van der Waals surface area contributed by atoms with Gasteiger partial charge in [-0.3, -0.25) is 19.6 Å². The molecule has 8 nitrogen and oxygen atoms in total. The maximum absolute atomic E-state index is 12.0. The SMILES string of the molecule is O=c1cc[nH]cc1S(=O)(=O)Nc1ccc([N+](=O)[O-])cc1. The van der Waals surface area contributed by atoms with E-state index in [0.29, 0.717) is 0 Å². The van der Waals surface area contributed by atoms with E-state index in [4.69, 9.17) is 0 Å². The fraction of sp³-hybridized carbons (Fsp3) is 0. The molecule has 0 saturated carbocycles. The molecular weight excluding hydrogens is 286 g/mol. The summed E-state index contributed by atoms with van der Waals surface area (Å²) in [6.07, 6.45) is 2.38. The lowest BCUT2D eigenvalue weighted by atomic mass is 10.3. The van der Waals surface area contributed by atoms with E-state index in [1.165, 1.54) is 18.3 Å². The van der Waals surface area contributed by atoms with Crippen molar-refractivity contribution in [3.8, 4) is 0 Å². The average Bonchev–Trinajstić information content (AvgIpc) is 2.39. The van der Waals surface area contributed by atoms with Gasteiger partial charge in [0, 0.05) is 36.3 Å².